The van der Waals surface area contributed by atoms with Crippen LogP contribution >= 0.6 is 11.3 Å². The van der Waals surface area contributed by atoms with E-state index >= 15 is 0 Å². The van der Waals surface area contributed by atoms with Gasteiger partial charge in [0.05, 0.1) is 0 Å². The van der Waals surface area contributed by atoms with E-state index < -0.39 is 0 Å². The van der Waals surface area contributed by atoms with Gasteiger partial charge in [0.25, 0.3) is 11.8 Å². The predicted octanol–water partition coefficient (Wildman–Crippen LogP) is 0.811. The first-order valence-electron chi connectivity index (χ1n) is 7.85. The van der Waals surface area contributed by atoms with E-state index in [4.69, 9.17) is 0 Å². The van der Waals surface area contributed by atoms with Gasteiger partial charge in [-0.1, -0.05) is 6.08 Å². The van der Waals surface area contributed by atoms with Crippen LogP contribution in [0.4, 0.5) is 5.95 Å². The van der Waals surface area contributed by atoms with Gasteiger partial charge in [0.1, 0.15) is 5.69 Å². The number of thiazole rings is 1. The lowest BCUT2D eigenvalue weighted by atomic mass is 10.3. The average Bonchev–Trinajstić information content (AvgIpc) is 3.16. The standard InChI is InChI=1S/C16H18N6O2S/c1-2-4-17-13(23)14-20-12(11-25-14)15(24)21-7-9-22(10-8-21)16-18-5-3-6-19-16/h2-3,5-6,11H,1,4,7-10H2,(H,17,23). The van der Waals surface area contributed by atoms with E-state index in [0.717, 1.165) is 11.3 Å². The molecule has 0 aromatic carbocycles. The number of carbonyl (C=O) groups is 2. The van der Waals surface area contributed by atoms with Gasteiger partial charge in [0.15, 0.2) is 5.01 Å². The molecule has 1 aliphatic heterocycles. The van der Waals surface area contributed by atoms with Crippen molar-refractivity contribution in [2.45, 2.75) is 0 Å². The van der Waals surface area contributed by atoms with E-state index in [2.05, 4.69) is 26.8 Å². The number of piperazine rings is 1. The minimum atomic E-state index is -0.296. The molecule has 1 saturated heterocycles. The first-order chi connectivity index (χ1) is 12.2. The Morgan fingerprint density at radius 3 is 2.64 bits per heavy atom. The van der Waals surface area contributed by atoms with E-state index in [1.807, 2.05) is 4.90 Å². The summed E-state index contributed by atoms with van der Waals surface area (Å²) in [4.78, 5) is 40.8. The lowest BCUT2D eigenvalue weighted by Crippen LogP contribution is -2.49. The fourth-order valence-corrected chi connectivity index (χ4v) is 3.15. The summed E-state index contributed by atoms with van der Waals surface area (Å²) in [6.07, 6.45) is 5.00. The fourth-order valence-electron chi connectivity index (χ4n) is 2.44. The Morgan fingerprint density at radius 1 is 1.24 bits per heavy atom. The van der Waals surface area contributed by atoms with Gasteiger partial charge in [-0.3, -0.25) is 9.59 Å². The Bertz CT molecular complexity index is 755. The van der Waals surface area contributed by atoms with Crippen molar-refractivity contribution in [2.75, 3.05) is 37.6 Å². The van der Waals surface area contributed by atoms with Crippen LogP contribution in [0.5, 0.6) is 0 Å². The summed E-state index contributed by atoms with van der Waals surface area (Å²) in [5, 5.41) is 4.55. The van der Waals surface area contributed by atoms with Crippen LogP contribution < -0.4 is 10.2 Å². The van der Waals surface area contributed by atoms with E-state index in [9.17, 15) is 9.59 Å². The second kappa shape index (κ2) is 7.84. The summed E-state index contributed by atoms with van der Waals surface area (Å²) < 4.78 is 0. The minimum Gasteiger partial charge on any atom is -0.347 e. The monoisotopic (exact) mass is 358 g/mol. The quantitative estimate of drug-likeness (QED) is 0.796. The molecule has 1 aliphatic rings. The molecule has 3 heterocycles. The molecule has 2 amide bonds. The molecule has 25 heavy (non-hydrogen) atoms. The highest BCUT2D eigenvalue weighted by molar-refractivity contribution is 7.11. The largest absolute Gasteiger partial charge is 0.347 e. The number of carbonyl (C=O) groups excluding carboxylic acids is 2. The van der Waals surface area contributed by atoms with Crippen LogP contribution in [-0.2, 0) is 0 Å². The van der Waals surface area contributed by atoms with E-state index in [-0.39, 0.29) is 16.8 Å². The molecule has 2 aromatic heterocycles. The molecular weight excluding hydrogens is 340 g/mol. The predicted molar refractivity (Wildman–Crippen MR) is 94.8 cm³/mol. The molecule has 1 N–H and O–H groups in total. The van der Waals surface area contributed by atoms with Crippen LogP contribution in [0.15, 0.2) is 36.5 Å². The van der Waals surface area contributed by atoms with Crippen molar-refractivity contribution in [3.05, 3.63) is 47.2 Å². The number of anilines is 1. The van der Waals surface area contributed by atoms with Gasteiger partial charge >= 0.3 is 0 Å². The molecule has 0 aliphatic carbocycles. The first kappa shape index (κ1) is 17.0. The highest BCUT2D eigenvalue weighted by Crippen LogP contribution is 2.15. The maximum Gasteiger partial charge on any atom is 0.280 e. The first-order valence-corrected chi connectivity index (χ1v) is 8.73. The molecule has 0 atom stereocenters. The Hall–Kier alpha value is -2.81. The highest BCUT2D eigenvalue weighted by atomic mass is 32.1. The smallest absolute Gasteiger partial charge is 0.280 e. The molecule has 0 unspecified atom stereocenters. The molecular formula is C16H18N6O2S. The van der Waals surface area contributed by atoms with Crippen molar-refractivity contribution in [2.24, 2.45) is 0 Å². The van der Waals surface area contributed by atoms with Gasteiger partial charge in [0, 0.05) is 50.5 Å². The number of rotatable bonds is 5. The minimum absolute atomic E-state index is 0.160. The molecule has 0 spiro atoms. The normalized spacial score (nSPS) is 14.2. The Morgan fingerprint density at radius 2 is 1.96 bits per heavy atom. The molecule has 1 fully saturated rings. The van der Waals surface area contributed by atoms with Crippen LogP contribution in [0.2, 0.25) is 0 Å². The zero-order valence-corrected chi connectivity index (χ0v) is 14.4. The maximum absolute atomic E-state index is 12.6. The number of nitrogens with zero attached hydrogens (tertiary/aromatic N) is 5. The second-order valence-corrected chi connectivity index (χ2v) is 6.22. The summed E-state index contributed by atoms with van der Waals surface area (Å²) >= 11 is 1.16. The van der Waals surface area contributed by atoms with Crippen molar-refractivity contribution >= 4 is 29.1 Å². The number of hydrogen-bond acceptors (Lipinski definition) is 7. The number of hydrogen-bond donors (Lipinski definition) is 1. The lowest BCUT2D eigenvalue weighted by molar-refractivity contribution is 0.0741. The molecule has 3 rings (SSSR count). The van der Waals surface area contributed by atoms with E-state index in [1.54, 1.807) is 34.8 Å². The van der Waals surface area contributed by atoms with Gasteiger partial charge in [-0.05, 0) is 6.07 Å². The van der Waals surface area contributed by atoms with Crippen LogP contribution in [-0.4, -0.2) is 64.4 Å². The summed E-state index contributed by atoms with van der Waals surface area (Å²) in [5.41, 5.74) is 0.304. The maximum atomic E-state index is 12.6. The van der Waals surface area contributed by atoms with Crippen LogP contribution in [0.25, 0.3) is 0 Å². The third-order valence-corrected chi connectivity index (χ3v) is 4.57. The third kappa shape index (κ3) is 4.00. The fraction of sp³-hybridized carbons (Fsp3) is 0.312. The van der Waals surface area contributed by atoms with Gasteiger partial charge in [-0.15, -0.1) is 17.9 Å². The highest BCUT2D eigenvalue weighted by Gasteiger charge is 2.25. The summed E-state index contributed by atoms with van der Waals surface area (Å²) in [7, 11) is 0. The van der Waals surface area contributed by atoms with Crippen LogP contribution in [0.3, 0.4) is 0 Å². The lowest BCUT2D eigenvalue weighted by Gasteiger charge is -2.34. The number of amides is 2. The van der Waals surface area contributed by atoms with E-state index in [1.165, 1.54) is 0 Å². The zero-order valence-electron chi connectivity index (χ0n) is 13.6. The van der Waals surface area contributed by atoms with Crippen molar-refractivity contribution in [1.82, 2.24) is 25.2 Å². The topological polar surface area (TPSA) is 91.3 Å². The van der Waals surface area contributed by atoms with E-state index in [0.29, 0.717) is 44.4 Å². The number of aromatic nitrogens is 3. The van der Waals surface area contributed by atoms with Crippen LogP contribution in [0, 0.1) is 0 Å². The van der Waals surface area contributed by atoms with Gasteiger partial charge < -0.3 is 15.1 Å². The van der Waals surface area contributed by atoms with Gasteiger partial charge in [0.2, 0.25) is 5.95 Å². The van der Waals surface area contributed by atoms with Crippen molar-refractivity contribution in [3.8, 4) is 0 Å². The molecule has 2 aromatic rings. The van der Waals surface area contributed by atoms with Crippen molar-refractivity contribution in [1.29, 1.82) is 0 Å². The zero-order chi connectivity index (χ0) is 17.6. The molecule has 130 valence electrons. The SMILES string of the molecule is C=CCNC(=O)c1nc(C(=O)N2CCN(c3ncccn3)CC2)cs1. The molecule has 9 heteroatoms. The van der Waals surface area contributed by atoms with Crippen molar-refractivity contribution < 1.29 is 9.59 Å². The van der Waals surface area contributed by atoms with Gasteiger partial charge in [-0.2, -0.15) is 0 Å². The Kier molecular flexibility index (Phi) is 5.34. The molecule has 0 saturated carbocycles. The molecule has 0 radical (unpaired) electrons. The summed E-state index contributed by atoms with van der Waals surface area (Å²) in [6, 6.07) is 1.77. The average molecular weight is 358 g/mol. The molecule has 0 bridgehead atoms. The number of nitrogens with one attached hydrogen (secondary N) is 1. The summed E-state index contributed by atoms with van der Waals surface area (Å²) in [6.45, 7) is 6.35. The Balaban J connectivity index is 1.58. The third-order valence-electron chi connectivity index (χ3n) is 3.73. The summed E-state index contributed by atoms with van der Waals surface area (Å²) in [5.74, 6) is 0.215. The van der Waals surface area contributed by atoms with Crippen molar-refractivity contribution in [3.63, 3.8) is 0 Å². The van der Waals surface area contributed by atoms with Gasteiger partial charge in [-0.25, -0.2) is 15.0 Å². The Labute approximate surface area is 149 Å². The van der Waals surface area contributed by atoms with Crippen LogP contribution in [0.1, 0.15) is 20.3 Å². The molecule has 8 nitrogen and oxygen atoms in total. The second-order valence-electron chi connectivity index (χ2n) is 5.36.